The van der Waals surface area contributed by atoms with Crippen LogP contribution in [-0.2, 0) is 32.2 Å². The summed E-state index contributed by atoms with van der Waals surface area (Å²) in [5.41, 5.74) is 8.48. The highest BCUT2D eigenvalue weighted by Gasteiger charge is 2.50. The summed E-state index contributed by atoms with van der Waals surface area (Å²) in [5.74, 6) is -0.657. The highest BCUT2D eigenvalue weighted by Crippen LogP contribution is 2.35. The molecule has 0 radical (unpaired) electrons. The zero-order valence-electron chi connectivity index (χ0n) is 18.5. The van der Waals surface area contributed by atoms with Gasteiger partial charge in [0.1, 0.15) is 0 Å². The summed E-state index contributed by atoms with van der Waals surface area (Å²) < 4.78 is 30.0. The van der Waals surface area contributed by atoms with E-state index in [9.17, 15) is 18.0 Å². The van der Waals surface area contributed by atoms with E-state index in [0.29, 0.717) is 6.42 Å². The maximum Gasteiger partial charge on any atom is 0.239 e. The van der Waals surface area contributed by atoms with Gasteiger partial charge in [0.05, 0.1) is 4.90 Å². The molecule has 1 aliphatic rings. The third kappa shape index (κ3) is 5.10. The van der Waals surface area contributed by atoms with Crippen LogP contribution in [0.3, 0.4) is 0 Å². The summed E-state index contributed by atoms with van der Waals surface area (Å²) in [7, 11) is -3.90. The number of carbonyl (C=O) groups excluding carboxylic acids is 2. The van der Waals surface area contributed by atoms with Crippen LogP contribution < -0.4 is 5.73 Å². The first-order valence-electron chi connectivity index (χ1n) is 11.1. The maximum atomic E-state index is 13.2. The summed E-state index contributed by atoms with van der Waals surface area (Å²) in [6.45, 7) is 2.27. The van der Waals surface area contributed by atoms with E-state index >= 15 is 0 Å². The Kier molecular flexibility index (Phi) is 7.85. The molecule has 0 saturated carbocycles. The molecule has 2 aromatic rings. The average Bonchev–Trinajstić information content (AvgIpc) is 2.82. The van der Waals surface area contributed by atoms with Crippen molar-refractivity contribution in [3.8, 4) is 0 Å². The van der Waals surface area contributed by atoms with Crippen LogP contribution in [-0.4, -0.2) is 38.1 Å². The number of carbonyl (C=O) groups is 2. The van der Waals surface area contributed by atoms with Gasteiger partial charge in [0.25, 0.3) is 0 Å². The number of hydrogen-bond donors (Lipinski definition) is 1. The van der Waals surface area contributed by atoms with Gasteiger partial charge in [-0.3, -0.25) is 9.59 Å². The predicted molar refractivity (Wildman–Crippen MR) is 123 cm³/mol. The molecule has 172 valence electrons. The Balaban J connectivity index is 1.59. The molecule has 1 heterocycles. The normalized spacial score (nSPS) is 15.9. The van der Waals surface area contributed by atoms with Crippen molar-refractivity contribution in [3.63, 3.8) is 0 Å². The zero-order chi connectivity index (χ0) is 23.2. The Hall–Kier alpha value is -2.51. The monoisotopic (exact) mass is 457 g/mol. The van der Waals surface area contributed by atoms with Gasteiger partial charge in [0, 0.05) is 25.2 Å². The second-order valence-corrected chi connectivity index (χ2v) is 10.6. The van der Waals surface area contributed by atoms with Gasteiger partial charge >= 0.3 is 0 Å². The van der Waals surface area contributed by atoms with Gasteiger partial charge in [-0.15, -0.1) is 0 Å². The van der Waals surface area contributed by atoms with Crippen molar-refractivity contribution in [3.05, 3.63) is 65.2 Å². The minimum absolute atomic E-state index is 0.0808. The average molecular weight is 458 g/mol. The van der Waals surface area contributed by atoms with E-state index in [1.165, 1.54) is 0 Å². The number of amides is 1. The van der Waals surface area contributed by atoms with Crippen molar-refractivity contribution in [2.75, 3.05) is 13.2 Å². The van der Waals surface area contributed by atoms with Gasteiger partial charge in [-0.1, -0.05) is 37.3 Å². The van der Waals surface area contributed by atoms with E-state index in [4.69, 9.17) is 10.5 Å². The Morgan fingerprint density at radius 1 is 0.969 bits per heavy atom. The van der Waals surface area contributed by atoms with Crippen LogP contribution in [0.2, 0.25) is 0 Å². The van der Waals surface area contributed by atoms with Crippen molar-refractivity contribution in [1.29, 1.82) is 0 Å². The minimum Gasteiger partial charge on any atom is -0.381 e. The van der Waals surface area contributed by atoms with Gasteiger partial charge in [0.2, 0.25) is 5.91 Å². The molecule has 0 aliphatic carbocycles. The first kappa shape index (κ1) is 24.1. The van der Waals surface area contributed by atoms with E-state index in [1.807, 2.05) is 31.2 Å². The number of unbranched alkanes of at least 4 members (excludes halogenated alkanes) is 1. The lowest BCUT2D eigenvalue weighted by molar-refractivity contribution is -0.122. The van der Waals surface area contributed by atoms with Gasteiger partial charge in [-0.05, 0) is 67.9 Å². The molecule has 1 amide bonds. The quantitative estimate of drug-likeness (QED) is 0.433. The summed E-state index contributed by atoms with van der Waals surface area (Å²) in [6, 6.07) is 14.5. The largest absolute Gasteiger partial charge is 0.381 e. The number of aryl methyl sites for hydroxylation is 2. The maximum absolute atomic E-state index is 13.2. The fraction of sp³-hybridized carbons (Fsp3) is 0.440. The highest BCUT2D eigenvalue weighted by molar-refractivity contribution is 7.93. The Morgan fingerprint density at radius 2 is 1.59 bits per heavy atom. The molecule has 0 spiro atoms. The van der Waals surface area contributed by atoms with Gasteiger partial charge in [-0.2, -0.15) is 0 Å². The summed E-state index contributed by atoms with van der Waals surface area (Å²) in [4.78, 5) is 24.1. The third-order valence-electron chi connectivity index (χ3n) is 6.25. The van der Waals surface area contributed by atoms with Gasteiger partial charge in [0.15, 0.2) is 20.4 Å². The molecule has 0 unspecified atom stereocenters. The number of ketones is 1. The molecule has 2 N–H and O–H groups in total. The number of rotatable bonds is 10. The SMILES string of the molecule is CCC(=O)c1cccc(CCCCc2ccc(S(=O)(=O)C3(C(N)=O)CCOCC3)cc2)c1. The van der Waals surface area contributed by atoms with Gasteiger partial charge in [-0.25, -0.2) is 8.42 Å². The molecule has 0 aromatic heterocycles. The van der Waals surface area contributed by atoms with Crippen molar-refractivity contribution in [1.82, 2.24) is 0 Å². The molecular weight excluding hydrogens is 426 g/mol. The van der Waals surface area contributed by atoms with Crippen LogP contribution in [0.25, 0.3) is 0 Å². The smallest absolute Gasteiger partial charge is 0.239 e. The molecule has 2 aromatic carbocycles. The summed E-state index contributed by atoms with van der Waals surface area (Å²) >= 11 is 0. The molecule has 1 fully saturated rings. The fourth-order valence-corrected chi connectivity index (χ4v) is 6.09. The van der Waals surface area contributed by atoms with Crippen LogP contribution >= 0.6 is 0 Å². The molecule has 6 nitrogen and oxygen atoms in total. The fourth-order valence-electron chi connectivity index (χ4n) is 4.17. The third-order valence-corrected chi connectivity index (χ3v) is 8.78. The van der Waals surface area contributed by atoms with E-state index in [2.05, 4.69) is 0 Å². The van der Waals surface area contributed by atoms with Crippen molar-refractivity contribution in [2.45, 2.75) is 61.5 Å². The summed E-state index contributed by atoms with van der Waals surface area (Å²) in [5, 5.41) is 0. The van der Waals surface area contributed by atoms with Crippen LogP contribution in [0.1, 0.15) is 60.5 Å². The number of ether oxygens (including phenoxy) is 1. The standard InChI is InChI=1S/C25H31NO5S/c1-2-23(27)21-9-5-8-20(18-21)7-4-3-6-19-10-12-22(13-11-19)32(29,30)25(24(26)28)14-16-31-17-15-25/h5,8-13,18H,2-4,6-7,14-17H2,1H3,(H2,26,28). The first-order valence-corrected chi connectivity index (χ1v) is 12.6. The van der Waals surface area contributed by atoms with E-state index < -0.39 is 20.5 Å². The molecule has 1 aliphatic heterocycles. The second kappa shape index (κ2) is 10.4. The van der Waals surface area contributed by atoms with Gasteiger partial charge < -0.3 is 10.5 Å². The molecule has 1 saturated heterocycles. The highest BCUT2D eigenvalue weighted by atomic mass is 32.2. The molecule has 3 rings (SSSR count). The second-order valence-electron chi connectivity index (χ2n) is 8.30. The lowest BCUT2D eigenvalue weighted by atomic mass is 9.98. The minimum atomic E-state index is -3.90. The number of nitrogens with two attached hydrogens (primary N) is 1. The Bertz CT molecular complexity index is 1050. The lowest BCUT2D eigenvalue weighted by Crippen LogP contribution is -2.53. The Labute approximate surface area is 190 Å². The van der Waals surface area contributed by atoms with E-state index in [-0.39, 0.29) is 36.7 Å². The van der Waals surface area contributed by atoms with Crippen molar-refractivity contribution >= 4 is 21.5 Å². The topological polar surface area (TPSA) is 104 Å². The predicted octanol–water partition coefficient (Wildman–Crippen LogP) is 3.65. The molecular formula is C25H31NO5S. The zero-order valence-corrected chi connectivity index (χ0v) is 19.3. The van der Waals surface area contributed by atoms with E-state index in [1.54, 1.807) is 24.3 Å². The van der Waals surface area contributed by atoms with Crippen LogP contribution in [0, 0.1) is 0 Å². The van der Waals surface area contributed by atoms with Crippen LogP contribution in [0.15, 0.2) is 53.4 Å². The lowest BCUT2D eigenvalue weighted by Gasteiger charge is -2.33. The van der Waals surface area contributed by atoms with Crippen LogP contribution in [0.5, 0.6) is 0 Å². The molecule has 32 heavy (non-hydrogen) atoms. The number of hydrogen-bond acceptors (Lipinski definition) is 5. The number of benzene rings is 2. The first-order chi connectivity index (χ1) is 15.3. The van der Waals surface area contributed by atoms with Crippen LogP contribution in [0.4, 0.5) is 0 Å². The van der Waals surface area contributed by atoms with Crippen molar-refractivity contribution < 1.29 is 22.7 Å². The summed E-state index contributed by atoms with van der Waals surface area (Å²) in [6.07, 6.45) is 4.29. The molecule has 7 heteroatoms. The number of Topliss-reactive ketones (excluding diaryl/α,β-unsaturated/α-hetero) is 1. The Morgan fingerprint density at radius 3 is 2.19 bits per heavy atom. The molecule has 0 atom stereocenters. The molecule has 0 bridgehead atoms. The van der Waals surface area contributed by atoms with Crippen molar-refractivity contribution in [2.24, 2.45) is 5.73 Å². The van der Waals surface area contributed by atoms with E-state index in [0.717, 1.165) is 42.4 Å². The number of primary amides is 1. The number of sulfone groups is 1.